The fourth-order valence-corrected chi connectivity index (χ4v) is 3.66. The lowest BCUT2D eigenvalue weighted by molar-refractivity contribution is -0.158. The third-order valence-electron chi connectivity index (χ3n) is 5.31. The van der Waals surface area contributed by atoms with Gasteiger partial charge in [0.05, 0.1) is 13.0 Å². The van der Waals surface area contributed by atoms with E-state index in [1.54, 1.807) is 84.9 Å². The highest BCUT2D eigenvalue weighted by Gasteiger charge is 2.49. The van der Waals surface area contributed by atoms with Crippen molar-refractivity contribution in [2.45, 2.75) is 31.5 Å². The van der Waals surface area contributed by atoms with Crippen molar-refractivity contribution in [3.63, 3.8) is 0 Å². The molecule has 1 amide bonds. The SMILES string of the molecule is O=C(O)C[C@@](Cc1ccccc1)(C(=O)O)N(Cc1ccccc1)C(=O)OCc1ccccc1. The van der Waals surface area contributed by atoms with Gasteiger partial charge >= 0.3 is 18.0 Å². The monoisotopic (exact) mass is 447 g/mol. The molecule has 0 aliphatic rings. The van der Waals surface area contributed by atoms with Crippen molar-refractivity contribution in [3.8, 4) is 0 Å². The number of carbonyl (C=O) groups is 3. The molecule has 0 unspecified atom stereocenters. The smallest absolute Gasteiger partial charge is 0.411 e. The number of rotatable bonds is 10. The molecule has 0 saturated carbocycles. The maximum Gasteiger partial charge on any atom is 0.411 e. The van der Waals surface area contributed by atoms with Crippen molar-refractivity contribution in [2.75, 3.05) is 0 Å². The summed E-state index contributed by atoms with van der Waals surface area (Å²) >= 11 is 0. The van der Waals surface area contributed by atoms with Crippen LogP contribution in [-0.2, 0) is 33.9 Å². The van der Waals surface area contributed by atoms with E-state index in [0.29, 0.717) is 11.1 Å². The molecule has 0 saturated heterocycles. The Labute approximate surface area is 191 Å². The average molecular weight is 447 g/mol. The summed E-state index contributed by atoms with van der Waals surface area (Å²) in [4.78, 5) is 38.8. The van der Waals surface area contributed by atoms with Gasteiger partial charge in [-0.25, -0.2) is 9.59 Å². The van der Waals surface area contributed by atoms with Crippen molar-refractivity contribution in [3.05, 3.63) is 108 Å². The predicted octanol–water partition coefficient (Wildman–Crippen LogP) is 4.37. The number of hydrogen-bond donors (Lipinski definition) is 2. The summed E-state index contributed by atoms with van der Waals surface area (Å²) in [6.45, 7) is -0.194. The maximum absolute atomic E-state index is 13.3. The Hall–Kier alpha value is -4.13. The number of carboxylic acid groups (broad SMARTS) is 2. The molecule has 33 heavy (non-hydrogen) atoms. The Morgan fingerprint density at radius 1 is 0.727 bits per heavy atom. The first-order chi connectivity index (χ1) is 15.9. The summed E-state index contributed by atoms with van der Waals surface area (Å²) in [5, 5.41) is 19.9. The van der Waals surface area contributed by atoms with E-state index in [1.807, 2.05) is 6.07 Å². The highest BCUT2D eigenvalue weighted by atomic mass is 16.6. The molecule has 0 radical (unpaired) electrons. The van der Waals surface area contributed by atoms with E-state index in [9.17, 15) is 24.6 Å². The number of hydrogen-bond acceptors (Lipinski definition) is 4. The highest BCUT2D eigenvalue weighted by Crippen LogP contribution is 2.29. The first-order valence-corrected chi connectivity index (χ1v) is 10.4. The normalized spacial score (nSPS) is 12.4. The zero-order chi connectivity index (χ0) is 23.7. The van der Waals surface area contributed by atoms with Crippen LogP contribution in [0.2, 0.25) is 0 Å². The summed E-state index contributed by atoms with van der Waals surface area (Å²) in [6, 6.07) is 26.4. The molecule has 0 aromatic heterocycles. The van der Waals surface area contributed by atoms with Crippen LogP contribution in [0.1, 0.15) is 23.1 Å². The van der Waals surface area contributed by atoms with Crippen LogP contribution in [-0.4, -0.2) is 38.7 Å². The molecular formula is C26H25NO6. The molecule has 0 heterocycles. The van der Waals surface area contributed by atoms with Gasteiger partial charge in [-0.2, -0.15) is 0 Å². The van der Waals surface area contributed by atoms with Crippen LogP contribution in [0.3, 0.4) is 0 Å². The van der Waals surface area contributed by atoms with Gasteiger partial charge in [0.1, 0.15) is 6.61 Å². The minimum Gasteiger partial charge on any atom is -0.481 e. The van der Waals surface area contributed by atoms with Crippen molar-refractivity contribution < 1.29 is 29.3 Å². The molecule has 0 bridgehead atoms. The van der Waals surface area contributed by atoms with E-state index < -0.39 is 30.0 Å². The van der Waals surface area contributed by atoms with Crippen LogP contribution in [0.4, 0.5) is 4.79 Å². The molecule has 7 nitrogen and oxygen atoms in total. The van der Waals surface area contributed by atoms with E-state index in [4.69, 9.17) is 4.74 Å². The molecule has 3 aromatic rings. The fourth-order valence-electron chi connectivity index (χ4n) is 3.66. The summed E-state index contributed by atoms with van der Waals surface area (Å²) < 4.78 is 5.47. The van der Waals surface area contributed by atoms with Crippen molar-refractivity contribution >= 4 is 18.0 Å². The van der Waals surface area contributed by atoms with Gasteiger partial charge in [0.25, 0.3) is 0 Å². The number of aliphatic carboxylic acids is 2. The van der Waals surface area contributed by atoms with E-state index in [1.165, 1.54) is 0 Å². The molecule has 2 N–H and O–H groups in total. The van der Waals surface area contributed by atoms with Crippen molar-refractivity contribution in [1.29, 1.82) is 0 Å². The van der Waals surface area contributed by atoms with E-state index in [0.717, 1.165) is 10.5 Å². The number of carboxylic acids is 2. The molecule has 0 spiro atoms. The first kappa shape index (κ1) is 23.5. The Bertz CT molecular complexity index is 1070. The molecule has 7 heteroatoms. The minimum absolute atomic E-state index is 0.0704. The molecule has 0 aliphatic carbocycles. The lowest BCUT2D eigenvalue weighted by Crippen LogP contribution is -2.59. The van der Waals surface area contributed by atoms with Gasteiger partial charge in [0, 0.05) is 6.42 Å². The molecular weight excluding hydrogens is 422 g/mol. The van der Waals surface area contributed by atoms with Crippen molar-refractivity contribution in [1.82, 2.24) is 4.90 Å². The Kier molecular flexibility index (Phi) is 7.81. The molecule has 170 valence electrons. The topological polar surface area (TPSA) is 104 Å². The Morgan fingerprint density at radius 3 is 1.70 bits per heavy atom. The summed E-state index contributed by atoms with van der Waals surface area (Å²) in [7, 11) is 0. The van der Waals surface area contributed by atoms with Crippen LogP contribution in [0.15, 0.2) is 91.0 Å². The van der Waals surface area contributed by atoms with E-state index in [2.05, 4.69) is 0 Å². The second kappa shape index (κ2) is 10.9. The second-order valence-corrected chi connectivity index (χ2v) is 7.68. The summed E-state index contributed by atoms with van der Waals surface area (Å²) in [6.07, 6.45) is -1.88. The van der Waals surface area contributed by atoms with Crippen LogP contribution in [0.25, 0.3) is 0 Å². The fraction of sp³-hybridized carbons (Fsp3) is 0.192. The predicted molar refractivity (Wildman–Crippen MR) is 121 cm³/mol. The van der Waals surface area contributed by atoms with Gasteiger partial charge < -0.3 is 14.9 Å². The molecule has 0 fully saturated rings. The standard InChI is InChI=1S/C26H25NO6/c28-23(29)17-26(24(30)31,16-20-10-4-1-5-11-20)27(18-21-12-6-2-7-13-21)25(32)33-19-22-14-8-3-9-15-22/h1-15H,16-19H2,(H,28,29)(H,30,31)/t26-/m0/s1. The largest absolute Gasteiger partial charge is 0.481 e. The Morgan fingerprint density at radius 2 is 1.21 bits per heavy atom. The highest BCUT2D eigenvalue weighted by molar-refractivity contribution is 5.89. The molecule has 3 aromatic carbocycles. The van der Waals surface area contributed by atoms with Crippen LogP contribution < -0.4 is 0 Å². The quantitative estimate of drug-likeness (QED) is 0.478. The number of ether oxygens (including phenoxy) is 1. The minimum atomic E-state index is -2.06. The van der Waals surface area contributed by atoms with Crippen LogP contribution in [0, 0.1) is 0 Å². The number of carbonyl (C=O) groups excluding carboxylic acids is 1. The zero-order valence-corrected chi connectivity index (χ0v) is 18.0. The van der Waals surface area contributed by atoms with Gasteiger partial charge in [0.15, 0.2) is 5.54 Å². The number of benzene rings is 3. The lowest BCUT2D eigenvalue weighted by atomic mass is 9.85. The van der Waals surface area contributed by atoms with Gasteiger partial charge in [-0.15, -0.1) is 0 Å². The average Bonchev–Trinajstić information content (AvgIpc) is 2.82. The zero-order valence-electron chi connectivity index (χ0n) is 18.0. The van der Waals surface area contributed by atoms with Gasteiger partial charge in [-0.05, 0) is 16.7 Å². The number of amides is 1. The third kappa shape index (κ3) is 6.20. The maximum atomic E-state index is 13.3. The summed E-state index contributed by atoms with van der Waals surface area (Å²) in [5.41, 5.74) is -0.0855. The van der Waals surface area contributed by atoms with Crippen molar-refractivity contribution in [2.24, 2.45) is 0 Å². The summed E-state index contributed by atoms with van der Waals surface area (Å²) in [5.74, 6) is -2.75. The van der Waals surface area contributed by atoms with Crippen LogP contribution >= 0.6 is 0 Å². The van der Waals surface area contributed by atoms with E-state index >= 15 is 0 Å². The second-order valence-electron chi connectivity index (χ2n) is 7.68. The van der Waals surface area contributed by atoms with E-state index in [-0.39, 0.29) is 19.6 Å². The third-order valence-corrected chi connectivity index (χ3v) is 5.31. The van der Waals surface area contributed by atoms with Gasteiger partial charge in [-0.1, -0.05) is 91.0 Å². The first-order valence-electron chi connectivity index (χ1n) is 10.4. The lowest BCUT2D eigenvalue weighted by Gasteiger charge is -2.39. The number of nitrogens with zero attached hydrogens (tertiary/aromatic N) is 1. The Balaban J connectivity index is 2.01. The molecule has 3 rings (SSSR count). The van der Waals surface area contributed by atoms with Crippen LogP contribution in [0.5, 0.6) is 0 Å². The van der Waals surface area contributed by atoms with Gasteiger partial charge in [-0.3, -0.25) is 9.69 Å². The molecule has 1 atom stereocenters. The van der Waals surface area contributed by atoms with Gasteiger partial charge in [0.2, 0.25) is 0 Å². The molecule has 0 aliphatic heterocycles.